The molecule has 0 aliphatic carbocycles. The van der Waals surface area contributed by atoms with Crippen molar-refractivity contribution in [2.45, 2.75) is 0 Å². The van der Waals surface area contributed by atoms with Crippen LogP contribution in [0.25, 0.3) is 10.6 Å². The van der Waals surface area contributed by atoms with Gasteiger partial charge in [0.05, 0.1) is 5.34 Å². The maximum Gasteiger partial charge on any atom is 4.00 e. The average Bonchev–Trinajstić information content (AvgIpc) is 4.04. The van der Waals surface area contributed by atoms with Crippen LogP contribution in [0.1, 0.15) is 0 Å². The minimum atomic E-state index is -5.91. The number of rotatable bonds is 6. The minimum Gasteiger partial charge on any atom is -0.668 e. The van der Waals surface area contributed by atoms with Crippen LogP contribution in [-0.2, 0) is 26.2 Å². The second-order valence-corrected chi connectivity index (χ2v) is 12.2. The van der Waals surface area contributed by atoms with Gasteiger partial charge in [0.25, 0.3) is 0 Å². The third kappa shape index (κ3) is 11.4. The van der Waals surface area contributed by atoms with Crippen molar-refractivity contribution in [3.05, 3.63) is 153 Å². The minimum absolute atomic E-state index is 0. The summed E-state index contributed by atoms with van der Waals surface area (Å²) in [5, 5.41) is 20.0. The van der Waals surface area contributed by atoms with Crippen molar-refractivity contribution in [1.82, 2.24) is 29.1 Å². The third-order valence-corrected chi connectivity index (χ3v) is 7.64. The van der Waals surface area contributed by atoms with Crippen molar-refractivity contribution in [3.63, 3.8) is 0 Å². The summed E-state index contributed by atoms with van der Waals surface area (Å²) in [6.07, 6.45) is 5.12. The van der Waals surface area contributed by atoms with E-state index in [1.54, 1.807) is 46.8 Å². The van der Waals surface area contributed by atoms with Crippen LogP contribution >= 0.6 is 23.2 Å². The molecule has 3 heterocycles. The van der Waals surface area contributed by atoms with E-state index in [1.165, 1.54) is 0 Å². The molecule has 0 radical (unpaired) electrons. The molecule has 0 aliphatic rings. The SMILES string of the molecule is C[N-]C.C[N-]C.ClCCl.N[B-](c1c(F)c(F)c(F)c(F)c1F)(c1c(F)c(F)c(F)c(F)c1F)c1c(F)c(F)c(F)c(F)c1F.[Zr+4].c1cnn([BH-](n2cccn2)n2cccn2)c1. The van der Waals surface area contributed by atoms with Gasteiger partial charge in [0.2, 0.25) is 0 Å². The van der Waals surface area contributed by atoms with Gasteiger partial charge in [-0.05, 0) is 36.8 Å². The van der Waals surface area contributed by atoms with Crippen LogP contribution in [0.4, 0.5) is 65.9 Å². The Kier molecular flexibility index (Phi) is 21.9. The number of hydrogen-bond acceptors (Lipinski definition) is 4. The maximum atomic E-state index is 14.6. The van der Waals surface area contributed by atoms with E-state index in [9.17, 15) is 65.9 Å². The maximum absolute atomic E-state index is 14.6. The fourth-order valence-electron chi connectivity index (χ4n) is 5.35. The topological polar surface area (TPSA) is 108 Å². The Bertz CT molecular complexity index is 1990. The molecule has 0 fully saturated rings. The quantitative estimate of drug-likeness (QED) is 0.0696. The van der Waals surface area contributed by atoms with E-state index < -0.39 is 117 Å². The van der Waals surface area contributed by atoms with Crippen LogP contribution in [0.2, 0.25) is 0 Å². The molecule has 0 spiro atoms. The smallest absolute Gasteiger partial charge is 0.668 e. The molecule has 2 N–H and O–H groups in total. The molecule has 6 aromatic rings. The number of nitrogens with zero attached hydrogens (tertiary/aromatic N) is 8. The van der Waals surface area contributed by atoms with Crippen LogP contribution in [0.3, 0.4) is 0 Å². The second-order valence-electron chi connectivity index (χ2n) is 11.4. The first-order chi connectivity index (χ1) is 28.2. The first-order valence-electron chi connectivity index (χ1n) is 16.0. The Labute approximate surface area is 365 Å². The fourth-order valence-corrected chi connectivity index (χ4v) is 5.35. The number of nitrogens with two attached hydrogens (primary N) is 1. The molecule has 0 bridgehead atoms. The van der Waals surface area contributed by atoms with Gasteiger partial charge in [-0.25, -0.2) is 81.2 Å². The van der Waals surface area contributed by atoms with Crippen molar-refractivity contribution < 1.29 is 92.1 Å². The van der Waals surface area contributed by atoms with Crippen molar-refractivity contribution in [2.24, 2.45) is 5.64 Å². The summed E-state index contributed by atoms with van der Waals surface area (Å²) in [5.74, 6) is -46.5. The van der Waals surface area contributed by atoms with E-state index in [0.717, 1.165) is 0 Å². The van der Waals surface area contributed by atoms with Gasteiger partial charge in [-0.3, -0.25) is 0 Å². The van der Waals surface area contributed by atoms with E-state index in [4.69, 9.17) is 28.8 Å². The van der Waals surface area contributed by atoms with Gasteiger partial charge in [-0.15, -0.1) is 39.6 Å². The van der Waals surface area contributed by atoms with Gasteiger partial charge in [0.15, 0.2) is 58.6 Å². The third-order valence-electron chi connectivity index (χ3n) is 7.64. The summed E-state index contributed by atoms with van der Waals surface area (Å²) in [4.78, 5) is 0. The first kappa shape index (κ1) is 54.7. The summed E-state index contributed by atoms with van der Waals surface area (Å²) < 4.78 is 216. The molecule has 0 unspecified atom stereocenters. The van der Waals surface area contributed by atoms with Crippen LogP contribution < -0.4 is 22.0 Å². The van der Waals surface area contributed by atoms with Gasteiger partial charge < -0.3 is 30.1 Å². The molecule has 61 heavy (non-hydrogen) atoms. The van der Waals surface area contributed by atoms with Crippen LogP contribution in [-0.4, -0.2) is 76.0 Å². The Morgan fingerprint density at radius 3 is 0.770 bits per heavy atom. The summed E-state index contributed by atoms with van der Waals surface area (Å²) in [5.41, 5.74) is -3.28. The Balaban J connectivity index is 0.000000588. The predicted octanol–water partition coefficient (Wildman–Crippen LogP) is 6.30. The number of benzene rings is 3. The molecular weight excluding hydrogens is 979 g/mol. The van der Waals surface area contributed by atoms with E-state index in [0.29, 0.717) is 0 Å². The molecule has 3 aromatic heterocycles. The van der Waals surface area contributed by atoms with Crippen LogP contribution in [0, 0.1) is 87.3 Å². The molecule has 9 nitrogen and oxygen atoms in total. The van der Waals surface area contributed by atoms with Crippen molar-refractivity contribution in [3.8, 4) is 0 Å². The first-order valence-corrected chi connectivity index (χ1v) is 17.0. The summed E-state index contributed by atoms with van der Waals surface area (Å²) in [6, 6.07) is 5.69. The Hall–Kier alpha value is -4.29. The number of alkyl halides is 2. The van der Waals surface area contributed by atoms with Crippen molar-refractivity contribution >= 4 is 53.0 Å². The molecule has 0 saturated carbocycles. The van der Waals surface area contributed by atoms with Crippen LogP contribution in [0.15, 0.2) is 55.4 Å². The van der Waals surface area contributed by atoms with Gasteiger partial charge >= 0.3 is 33.3 Å². The van der Waals surface area contributed by atoms with Gasteiger partial charge in [-0.2, -0.15) is 28.2 Å². The molecular formula is C32H26B2Cl2F15N9Zr. The normalized spacial score (nSPS) is 10.7. The molecule has 328 valence electrons. The van der Waals surface area contributed by atoms with Crippen molar-refractivity contribution in [1.29, 1.82) is 0 Å². The summed E-state index contributed by atoms with van der Waals surface area (Å²) in [7, 11) is 5.88. The standard InChI is InChI=1S/C18H2BF15N.C9H10BN6.2C2H6N.CH2Cl2.Zr/c20-4-1(5(21)11(27)16(32)10(4)26)19(35,2-6(22)12(28)17(33)13(29)7(2)23)3-8(24)14(30)18(34)15(31)9(3)25;1-4-11-14(7-1)10(15-8-2-5-12-15)16-9-3-6-13-16;2*1-3-2;2-1-3;/h35H2;1-10H;2*1-2H3;1H2;/q4*-1;;+4. The second kappa shape index (κ2) is 24.4. The number of hydrogen-bond donors (Lipinski definition) is 1. The molecule has 0 amide bonds. The molecule has 0 atom stereocenters. The monoisotopic (exact) mass is 1000 g/mol. The molecule has 0 aliphatic heterocycles. The number of aromatic nitrogens is 6. The van der Waals surface area contributed by atoms with E-state index in [1.807, 2.05) is 50.6 Å². The van der Waals surface area contributed by atoms with Crippen LogP contribution in [0.5, 0.6) is 0 Å². The zero-order chi connectivity index (χ0) is 45.8. The predicted molar refractivity (Wildman–Crippen MR) is 195 cm³/mol. The van der Waals surface area contributed by atoms with Gasteiger partial charge in [0, 0.05) is 18.6 Å². The molecule has 3 aromatic carbocycles. The summed E-state index contributed by atoms with van der Waals surface area (Å²) in [6.45, 7) is 0. The summed E-state index contributed by atoms with van der Waals surface area (Å²) >= 11 is 9.53. The van der Waals surface area contributed by atoms with Crippen molar-refractivity contribution in [2.75, 3.05) is 33.5 Å². The molecule has 0 saturated heterocycles. The Morgan fingerprint density at radius 2 is 0.623 bits per heavy atom. The van der Waals surface area contributed by atoms with Gasteiger partial charge in [0.1, 0.15) is 34.9 Å². The number of halogens is 17. The fraction of sp³-hybridized carbons (Fsp3) is 0.156. The Morgan fingerprint density at radius 1 is 0.459 bits per heavy atom. The largest absolute Gasteiger partial charge is 4.00 e. The zero-order valence-electron chi connectivity index (χ0n) is 31.3. The zero-order valence-corrected chi connectivity index (χ0v) is 35.2. The van der Waals surface area contributed by atoms with Gasteiger partial charge in [-0.1, -0.05) is 0 Å². The van der Waals surface area contributed by atoms with E-state index >= 15 is 0 Å². The molecule has 29 heteroatoms. The molecule has 6 rings (SSSR count). The van der Waals surface area contributed by atoms with E-state index in [2.05, 4.69) is 25.9 Å². The van der Waals surface area contributed by atoms with E-state index in [-0.39, 0.29) is 31.5 Å². The average molecular weight is 1010 g/mol.